The van der Waals surface area contributed by atoms with Crippen LogP contribution < -0.4 is 11.1 Å². The van der Waals surface area contributed by atoms with E-state index in [9.17, 15) is 4.79 Å². The maximum atomic E-state index is 11.6. The first-order valence-corrected chi connectivity index (χ1v) is 7.57. The van der Waals surface area contributed by atoms with Gasteiger partial charge in [-0.3, -0.25) is 4.79 Å². The second-order valence-electron chi connectivity index (χ2n) is 4.27. The molecule has 0 bridgehead atoms. The summed E-state index contributed by atoms with van der Waals surface area (Å²) in [5.41, 5.74) is 5.40. The monoisotopic (exact) mass is 262 g/mol. The van der Waals surface area contributed by atoms with Gasteiger partial charge in [-0.05, 0) is 32.6 Å². The van der Waals surface area contributed by atoms with Crippen LogP contribution in [0.4, 0.5) is 0 Å². The lowest BCUT2D eigenvalue weighted by molar-refractivity contribution is -0.121. The molecule has 4 nitrogen and oxygen atoms in total. The minimum Gasteiger partial charge on any atom is -0.395 e. The summed E-state index contributed by atoms with van der Waals surface area (Å²) in [6.07, 6.45) is 6.63. The molecule has 17 heavy (non-hydrogen) atoms. The average Bonchev–Trinajstić information content (AvgIpc) is 2.30. The summed E-state index contributed by atoms with van der Waals surface area (Å²) in [6.45, 7) is 2.76. The van der Waals surface area contributed by atoms with Gasteiger partial charge in [0.2, 0.25) is 5.91 Å². The molecule has 4 N–H and O–H groups in total. The fourth-order valence-corrected chi connectivity index (χ4v) is 2.26. The normalized spacial score (nSPS) is 14.4. The van der Waals surface area contributed by atoms with Crippen LogP contribution in [-0.2, 0) is 4.79 Å². The molecular weight excluding hydrogens is 236 g/mol. The highest BCUT2D eigenvalue weighted by atomic mass is 32.2. The summed E-state index contributed by atoms with van der Waals surface area (Å²) in [4.78, 5) is 11.6. The molecule has 0 saturated heterocycles. The largest absolute Gasteiger partial charge is 0.395 e. The van der Waals surface area contributed by atoms with Crippen LogP contribution in [0, 0.1) is 0 Å². The molecule has 0 spiro atoms. The van der Waals surface area contributed by atoms with Crippen LogP contribution in [0.25, 0.3) is 0 Å². The summed E-state index contributed by atoms with van der Waals surface area (Å²) in [6, 6.07) is 0.0199. The van der Waals surface area contributed by atoms with Gasteiger partial charge in [0.15, 0.2) is 0 Å². The number of rotatable bonds is 10. The molecule has 0 heterocycles. The molecule has 2 unspecified atom stereocenters. The average molecular weight is 262 g/mol. The third-order valence-corrected chi connectivity index (χ3v) is 3.95. The highest BCUT2D eigenvalue weighted by molar-refractivity contribution is 7.99. The third kappa shape index (κ3) is 8.46. The lowest BCUT2D eigenvalue weighted by atomic mass is 10.1. The van der Waals surface area contributed by atoms with Gasteiger partial charge in [0.1, 0.15) is 0 Å². The molecule has 2 atom stereocenters. The quantitative estimate of drug-likeness (QED) is 0.516. The lowest BCUT2D eigenvalue weighted by Crippen LogP contribution is -2.41. The molecule has 5 heteroatoms. The van der Waals surface area contributed by atoms with Crippen LogP contribution in [0.1, 0.15) is 39.0 Å². The maximum Gasteiger partial charge on any atom is 0.220 e. The number of thioether (sulfide) groups is 1. The van der Waals surface area contributed by atoms with Crippen molar-refractivity contribution < 1.29 is 9.90 Å². The Morgan fingerprint density at radius 1 is 1.35 bits per heavy atom. The number of carbonyl (C=O) groups excluding carboxylic acids is 1. The van der Waals surface area contributed by atoms with E-state index in [1.165, 1.54) is 0 Å². The van der Waals surface area contributed by atoms with Gasteiger partial charge in [0.25, 0.3) is 0 Å². The van der Waals surface area contributed by atoms with Crippen molar-refractivity contribution in [1.29, 1.82) is 0 Å². The second kappa shape index (κ2) is 10.9. The Morgan fingerprint density at radius 2 is 2.00 bits per heavy atom. The number of aliphatic hydroxyl groups is 1. The van der Waals surface area contributed by atoms with Crippen molar-refractivity contribution in [3.05, 3.63) is 0 Å². The number of nitrogens with two attached hydrogens (primary N) is 1. The number of carbonyl (C=O) groups is 1. The Kier molecular flexibility index (Phi) is 10.7. The van der Waals surface area contributed by atoms with Crippen LogP contribution in [0.15, 0.2) is 0 Å². The van der Waals surface area contributed by atoms with Gasteiger partial charge in [-0.2, -0.15) is 11.8 Å². The van der Waals surface area contributed by atoms with Crippen molar-refractivity contribution in [3.8, 4) is 0 Å². The topological polar surface area (TPSA) is 75.3 Å². The molecule has 0 aromatic carbocycles. The number of amides is 1. The standard InChI is InChI=1S/C12H26N2O2S/c1-10(11(9-15)17-2)14-12(16)7-5-3-4-6-8-13/h10-11,15H,3-9,13H2,1-2H3,(H,14,16). The van der Waals surface area contributed by atoms with Crippen molar-refractivity contribution in [2.75, 3.05) is 19.4 Å². The number of unbranched alkanes of at least 4 members (excludes halogenated alkanes) is 3. The van der Waals surface area contributed by atoms with Crippen LogP contribution in [0.2, 0.25) is 0 Å². The molecule has 0 aliphatic carbocycles. The molecule has 0 radical (unpaired) electrons. The predicted octanol–water partition coefficient (Wildman–Crippen LogP) is 1.12. The summed E-state index contributed by atoms with van der Waals surface area (Å²) < 4.78 is 0. The first-order valence-electron chi connectivity index (χ1n) is 6.28. The van der Waals surface area contributed by atoms with Crippen molar-refractivity contribution in [2.45, 2.75) is 50.3 Å². The van der Waals surface area contributed by atoms with Crippen LogP contribution in [0.5, 0.6) is 0 Å². The summed E-state index contributed by atoms with van der Waals surface area (Å²) in [5.74, 6) is 0.0812. The minimum atomic E-state index is 0.0199. The molecule has 0 saturated carbocycles. The number of hydrogen-bond donors (Lipinski definition) is 3. The van der Waals surface area contributed by atoms with Crippen LogP contribution >= 0.6 is 11.8 Å². The minimum absolute atomic E-state index is 0.0199. The van der Waals surface area contributed by atoms with E-state index in [2.05, 4.69) is 5.32 Å². The molecule has 0 rings (SSSR count). The van der Waals surface area contributed by atoms with E-state index in [1.54, 1.807) is 11.8 Å². The van der Waals surface area contributed by atoms with Crippen molar-refractivity contribution in [3.63, 3.8) is 0 Å². The van der Waals surface area contributed by atoms with E-state index >= 15 is 0 Å². The van der Waals surface area contributed by atoms with Gasteiger partial charge in [-0.25, -0.2) is 0 Å². The van der Waals surface area contributed by atoms with E-state index < -0.39 is 0 Å². The Labute approximate surface area is 109 Å². The molecular formula is C12H26N2O2S. The Hall–Kier alpha value is -0.260. The molecule has 0 aliphatic heterocycles. The van der Waals surface area contributed by atoms with E-state index in [0.717, 1.165) is 32.2 Å². The highest BCUT2D eigenvalue weighted by Gasteiger charge is 2.16. The van der Waals surface area contributed by atoms with Gasteiger partial charge >= 0.3 is 0 Å². The first kappa shape index (κ1) is 16.7. The fraction of sp³-hybridized carbons (Fsp3) is 0.917. The first-order chi connectivity index (χ1) is 8.15. The lowest BCUT2D eigenvalue weighted by Gasteiger charge is -2.21. The Balaban J connectivity index is 3.63. The molecule has 0 fully saturated rings. The second-order valence-corrected chi connectivity index (χ2v) is 5.34. The number of nitrogens with one attached hydrogen (secondary N) is 1. The van der Waals surface area contributed by atoms with E-state index in [-0.39, 0.29) is 23.8 Å². The molecule has 0 aromatic heterocycles. The van der Waals surface area contributed by atoms with Crippen molar-refractivity contribution >= 4 is 17.7 Å². The third-order valence-electron chi connectivity index (χ3n) is 2.79. The van der Waals surface area contributed by atoms with Gasteiger partial charge in [-0.1, -0.05) is 12.8 Å². The smallest absolute Gasteiger partial charge is 0.220 e. The summed E-state index contributed by atoms with van der Waals surface area (Å²) in [5, 5.41) is 12.1. The zero-order valence-electron chi connectivity index (χ0n) is 10.9. The van der Waals surface area contributed by atoms with Gasteiger partial charge in [-0.15, -0.1) is 0 Å². The molecule has 0 aromatic rings. The maximum absolute atomic E-state index is 11.6. The zero-order chi connectivity index (χ0) is 13.1. The van der Waals surface area contributed by atoms with Gasteiger partial charge in [0, 0.05) is 17.7 Å². The van der Waals surface area contributed by atoms with E-state index in [0.29, 0.717) is 6.42 Å². The molecule has 102 valence electrons. The predicted molar refractivity (Wildman–Crippen MR) is 74.1 cm³/mol. The number of aliphatic hydroxyl groups excluding tert-OH is 1. The van der Waals surface area contributed by atoms with Crippen LogP contribution in [0.3, 0.4) is 0 Å². The summed E-state index contributed by atoms with van der Waals surface area (Å²) >= 11 is 1.58. The van der Waals surface area contributed by atoms with E-state index in [4.69, 9.17) is 10.8 Å². The fourth-order valence-electron chi connectivity index (χ4n) is 1.64. The Bertz CT molecular complexity index is 199. The zero-order valence-corrected chi connectivity index (χ0v) is 11.8. The number of hydrogen-bond acceptors (Lipinski definition) is 4. The van der Waals surface area contributed by atoms with Crippen LogP contribution in [-0.4, -0.2) is 41.7 Å². The summed E-state index contributed by atoms with van der Waals surface area (Å²) in [7, 11) is 0. The van der Waals surface area contributed by atoms with Gasteiger partial charge in [0.05, 0.1) is 6.61 Å². The molecule has 1 amide bonds. The highest BCUT2D eigenvalue weighted by Crippen LogP contribution is 2.10. The van der Waals surface area contributed by atoms with E-state index in [1.807, 2.05) is 13.2 Å². The SMILES string of the molecule is CSC(CO)C(C)NC(=O)CCCCCCN. The van der Waals surface area contributed by atoms with Gasteiger partial charge < -0.3 is 16.2 Å². The van der Waals surface area contributed by atoms with Crippen molar-refractivity contribution in [2.24, 2.45) is 5.73 Å². The molecule has 0 aliphatic rings. The van der Waals surface area contributed by atoms with Crippen molar-refractivity contribution in [1.82, 2.24) is 5.32 Å². The Morgan fingerprint density at radius 3 is 2.53 bits per heavy atom.